The molecule has 0 aliphatic rings. The van der Waals surface area contributed by atoms with Crippen LogP contribution in [-0.2, 0) is 22.6 Å². The fourth-order valence-electron chi connectivity index (χ4n) is 3.63. The van der Waals surface area contributed by atoms with Crippen molar-refractivity contribution in [2.24, 2.45) is 0 Å². The summed E-state index contributed by atoms with van der Waals surface area (Å²) in [6.07, 6.45) is 3.31. The number of amides is 1. The van der Waals surface area contributed by atoms with E-state index in [1.807, 2.05) is 91.9 Å². The molecule has 1 amide bonds. The number of hydrogen-bond donors (Lipinski definition) is 1. The van der Waals surface area contributed by atoms with Crippen molar-refractivity contribution in [3.63, 3.8) is 0 Å². The van der Waals surface area contributed by atoms with Crippen molar-refractivity contribution in [3.8, 4) is 11.5 Å². The quantitative estimate of drug-likeness (QED) is 0.315. The molecular formula is C30H28N2O4. The lowest BCUT2D eigenvalue weighted by molar-refractivity contribution is -0.121. The van der Waals surface area contributed by atoms with Crippen molar-refractivity contribution in [3.05, 3.63) is 126 Å². The number of nitrogens with one attached hydrogen (secondary N) is 1. The first-order valence-electron chi connectivity index (χ1n) is 11.8. The Morgan fingerprint density at radius 1 is 0.833 bits per heavy atom. The average molecular weight is 481 g/mol. The maximum absolute atomic E-state index is 13.2. The number of ether oxygens (including phenoxy) is 2. The highest BCUT2D eigenvalue weighted by atomic mass is 16.5. The highest BCUT2D eigenvalue weighted by Gasteiger charge is 2.22. The molecule has 3 aromatic carbocycles. The second kappa shape index (κ2) is 12.4. The molecule has 36 heavy (non-hydrogen) atoms. The molecule has 0 radical (unpaired) electrons. The van der Waals surface area contributed by atoms with Crippen molar-refractivity contribution < 1.29 is 19.1 Å². The number of benzene rings is 3. The minimum absolute atomic E-state index is 0.0634. The maximum Gasteiger partial charge on any atom is 0.253 e. The van der Waals surface area contributed by atoms with E-state index in [9.17, 15) is 9.59 Å². The van der Waals surface area contributed by atoms with Crippen LogP contribution in [0.25, 0.3) is 0 Å². The van der Waals surface area contributed by atoms with Gasteiger partial charge in [-0.1, -0.05) is 60.7 Å². The minimum atomic E-state index is -0.804. The van der Waals surface area contributed by atoms with Crippen molar-refractivity contribution in [2.75, 3.05) is 6.61 Å². The molecule has 6 nitrogen and oxygen atoms in total. The van der Waals surface area contributed by atoms with E-state index in [0.717, 1.165) is 22.4 Å². The average Bonchev–Trinajstić information content (AvgIpc) is 2.90. The molecule has 1 heterocycles. The highest BCUT2D eigenvalue weighted by molar-refractivity contribution is 5.98. The third-order valence-corrected chi connectivity index (χ3v) is 5.51. The zero-order chi connectivity index (χ0) is 25.2. The first kappa shape index (κ1) is 24.8. The molecule has 1 N–H and O–H groups in total. The number of rotatable bonds is 11. The summed E-state index contributed by atoms with van der Waals surface area (Å²) in [6, 6.07) is 27.5. The van der Waals surface area contributed by atoms with Crippen molar-refractivity contribution in [1.29, 1.82) is 0 Å². The van der Waals surface area contributed by atoms with E-state index in [1.54, 1.807) is 12.3 Å². The lowest BCUT2D eigenvalue weighted by Gasteiger charge is -2.18. The minimum Gasteiger partial charge on any atom is -0.457 e. The third-order valence-electron chi connectivity index (χ3n) is 5.51. The van der Waals surface area contributed by atoms with Gasteiger partial charge in [-0.3, -0.25) is 14.6 Å². The summed E-state index contributed by atoms with van der Waals surface area (Å²) in [4.78, 5) is 30.1. The van der Waals surface area contributed by atoms with Gasteiger partial charge in [-0.05, 0) is 53.9 Å². The first-order valence-corrected chi connectivity index (χ1v) is 11.8. The summed E-state index contributed by atoms with van der Waals surface area (Å²) in [6.45, 7) is 2.27. The maximum atomic E-state index is 13.2. The van der Waals surface area contributed by atoms with Gasteiger partial charge in [-0.25, -0.2) is 0 Å². The summed E-state index contributed by atoms with van der Waals surface area (Å²) < 4.78 is 11.6. The Labute approximate surface area is 210 Å². The Morgan fingerprint density at radius 2 is 1.50 bits per heavy atom. The van der Waals surface area contributed by atoms with E-state index in [-0.39, 0.29) is 24.7 Å². The highest BCUT2D eigenvalue weighted by Crippen LogP contribution is 2.21. The zero-order valence-electron chi connectivity index (χ0n) is 20.1. The largest absolute Gasteiger partial charge is 0.457 e. The van der Waals surface area contributed by atoms with Gasteiger partial charge in [0.15, 0.2) is 5.78 Å². The fourth-order valence-corrected chi connectivity index (χ4v) is 3.63. The summed E-state index contributed by atoms with van der Waals surface area (Å²) in [5.41, 5.74) is 3.08. The molecule has 1 unspecified atom stereocenters. The van der Waals surface area contributed by atoms with Crippen LogP contribution in [0.15, 0.2) is 103 Å². The van der Waals surface area contributed by atoms with Gasteiger partial charge in [-0.2, -0.15) is 0 Å². The van der Waals surface area contributed by atoms with Gasteiger partial charge in [0.25, 0.3) is 5.91 Å². The normalized spacial score (nSPS) is 11.5. The first-order chi connectivity index (χ1) is 17.6. The summed E-state index contributed by atoms with van der Waals surface area (Å²) in [5.74, 6) is 0.916. The molecule has 182 valence electrons. The van der Waals surface area contributed by atoms with Gasteiger partial charge in [0.05, 0.1) is 18.8 Å². The van der Waals surface area contributed by atoms with Gasteiger partial charge >= 0.3 is 0 Å². The molecular weight excluding hydrogens is 452 g/mol. The molecule has 1 atom stereocenters. The topological polar surface area (TPSA) is 77.5 Å². The predicted octanol–water partition coefficient (Wildman–Crippen LogP) is 5.31. The molecule has 6 heteroatoms. The van der Waals surface area contributed by atoms with Gasteiger partial charge < -0.3 is 14.8 Å². The second-order valence-corrected chi connectivity index (χ2v) is 8.48. The number of para-hydroxylation sites is 1. The van der Waals surface area contributed by atoms with Crippen LogP contribution in [0.2, 0.25) is 0 Å². The van der Waals surface area contributed by atoms with Crippen LogP contribution in [0.1, 0.15) is 27.0 Å². The second-order valence-electron chi connectivity index (χ2n) is 8.48. The molecule has 0 fully saturated rings. The Morgan fingerprint density at radius 3 is 2.19 bits per heavy atom. The number of pyridine rings is 1. The van der Waals surface area contributed by atoms with Crippen LogP contribution in [0, 0.1) is 6.92 Å². The molecule has 1 aromatic heterocycles. The lowest BCUT2D eigenvalue weighted by Crippen LogP contribution is -2.44. The number of carbonyl (C=O) groups is 2. The van der Waals surface area contributed by atoms with Crippen LogP contribution in [0.5, 0.6) is 11.5 Å². The standard InChI is InChI=1S/C30H28N2O4/c1-22-16-25(19-31-18-22)30(34)32-28(21-35-20-24-8-4-2-5-9-24)29(33)17-23-12-14-27(15-13-23)36-26-10-6-3-7-11-26/h2-16,18-19,28H,17,20-21H2,1H3,(H,32,34). The van der Waals surface area contributed by atoms with E-state index in [4.69, 9.17) is 9.47 Å². The monoisotopic (exact) mass is 480 g/mol. The van der Waals surface area contributed by atoms with Crippen LogP contribution in [0.4, 0.5) is 0 Å². The number of carbonyl (C=O) groups excluding carboxylic acids is 2. The Hall–Kier alpha value is -4.29. The van der Waals surface area contributed by atoms with Crippen molar-refractivity contribution in [2.45, 2.75) is 26.0 Å². The summed E-state index contributed by atoms with van der Waals surface area (Å²) in [5, 5.41) is 2.83. The zero-order valence-corrected chi connectivity index (χ0v) is 20.1. The molecule has 0 bridgehead atoms. The van der Waals surface area contributed by atoms with Crippen molar-refractivity contribution >= 4 is 11.7 Å². The molecule has 0 saturated carbocycles. The smallest absolute Gasteiger partial charge is 0.253 e. The molecule has 0 spiro atoms. The van der Waals surface area contributed by atoms with Gasteiger partial charge in [0, 0.05) is 18.8 Å². The number of aryl methyl sites for hydroxylation is 1. The third kappa shape index (κ3) is 7.35. The number of Topliss-reactive ketones (excluding diaryl/α,β-unsaturated/α-hetero) is 1. The SMILES string of the molecule is Cc1cncc(C(=O)NC(COCc2ccccc2)C(=O)Cc2ccc(Oc3ccccc3)cc2)c1. The fraction of sp³-hybridized carbons (Fsp3) is 0.167. The van der Waals surface area contributed by atoms with Crippen LogP contribution in [0.3, 0.4) is 0 Å². The molecule has 4 rings (SSSR count). The molecule has 4 aromatic rings. The number of hydrogen-bond acceptors (Lipinski definition) is 5. The van der Waals surface area contributed by atoms with Gasteiger partial charge in [0.2, 0.25) is 0 Å². The van der Waals surface area contributed by atoms with Gasteiger partial charge in [0.1, 0.15) is 17.5 Å². The summed E-state index contributed by atoms with van der Waals surface area (Å²) >= 11 is 0. The van der Waals surface area contributed by atoms with Crippen LogP contribution < -0.4 is 10.1 Å². The number of ketones is 1. The number of aromatic nitrogens is 1. The molecule has 0 aliphatic heterocycles. The van der Waals surface area contributed by atoms with E-state index < -0.39 is 6.04 Å². The lowest BCUT2D eigenvalue weighted by atomic mass is 10.0. The van der Waals surface area contributed by atoms with E-state index in [0.29, 0.717) is 17.9 Å². The Kier molecular flexibility index (Phi) is 8.57. The molecule has 0 aliphatic carbocycles. The van der Waals surface area contributed by atoms with Crippen molar-refractivity contribution in [1.82, 2.24) is 10.3 Å². The number of nitrogens with zero attached hydrogens (tertiary/aromatic N) is 1. The van der Waals surface area contributed by atoms with E-state index in [1.165, 1.54) is 6.20 Å². The Balaban J connectivity index is 1.41. The van der Waals surface area contributed by atoms with Crippen LogP contribution in [-0.4, -0.2) is 29.3 Å². The Bertz CT molecular complexity index is 1280. The van der Waals surface area contributed by atoms with E-state index >= 15 is 0 Å². The summed E-state index contributed by atoms with van der Waals surface area (Å²) in [7, 11) is 0. The predicted molar refractivity (Wildman–Crippen MR) is 138 cm³/mol. The molecule has 0 saturated heterocycles. The van der Waals surface area contributed by atoms with Crippen LogP contribution >= 0.6 is 0 Å². The van der Waals surface area contributed by atoms with E-state index in [2.05, 4.69) is 10.3 Å². The van der Waals surface area contributed by atoms with Gasteiger partial charge in [-0.15, -0.1) is 0 Å².